The van der Waals surface area contributed by atoms with E-state index in [1.54, 1.807) is 0 Å². The van der Waals surface area contributed by atoms with Crippen LogP contribution in [0.4, 0.5) is 0 Å². The summed E-state index contributed by atoms with van der Waals surface area (Å²) in [6, 6.07) is 0. The number of rotatable bonds is 3. The van der Waals surface area contributed by atoms with Gasteiger partial charge < -0.3 is 4.79 Å². The molecule has 0 heterocycles. The van der Waals surface area contributed by atoms with Gasteiger partial charge in [0.15, 0.2) is 0 Å². The molecule has 0 aliphatic carbocycles. The topological polar surface area (TPSA) is 17.1 Å². The van der Waals surface area contributed by atoms with Gasteiger partial charge in [0.2, 0.25) is 0 Å². The summed E-state index contributed by atoms with van der Waals surface area (Å²) in [6.45, 7) is 8.57. The Morgan fingerprint density at radius 2 is 1.90 bits per heavy atom. The lowest BCUT2D eigenvalue weighted by molar-refractivity contribution is -0.110. The van der Waals surface area contributed by atoms with Crippen molar-refractivity contribution in [3.8, 4) is 0 Å². The Morgan fingerprint density at radius 1 is 1.40 bits per heavy atom. The molecule has 0 aromatic heterocycles. The Bertz CT molecular complexity index is 99.8. The first-order chi connectivity index (χ1) is 4.45. The van der Waals surface area contributed by atoms with Gasteiger partial charge in [-0.05, 0) is 18.3 Å². The van der Waals surface area contributed by atoms with Gasteiger partial charge in [-0.2, -0.15) is 0 Å². The fourth-order valence-electron chi connectivity index (χ4n) is 0.729. The molecule has 0 aliphatic rings. The molecular weight excluding hydrogens is 124 g/mol. The van der Waals surface area contributed by atoms with Crippen LogP contribution in [0.5, 0.6) is 0 Å². The van der Waals surface area contributed by atoms with Gasteiger partial charge in [0.1, 0.15) is 6.29 Å². The Morgan fingerprint density at radius 3 is 2.20 bits per heavy atom. The zero-order valence-electron chi connectivity index (χ0n) is 7.48. The van der Waals surface area contributed by atoms with E-state index >= 15 is 0 Å². The van der Waals surface area contributed by atoms with Crippen LogP contribution in [0, 0.1) is 11.3 Å². The van der Waals surface area contributed by atoms with Crippen molar-refractivity contribution in [2.45, 2.75) is 40.5 Å². The minimum Gasteiger partial charge on any atom is -0.303 e. The molecule has 0 amide bonds. The van der Waals surface area contributed by atoms with E-state index in [-0.39, 0.29) is 5.92 Å². The number of carbonyl (C=O) groups is 1. The van der Waals surface area contributed by atoms with Crippen LogP contribution in [0.15, 0.2) is 0 Å². The second kappa shape index (κ2) is 3.75. The fraction of sp³-hybridized carbons (Fsp3) is 0.889. The van der Waals surface area contributed by atoms with Crippen molar-refractivity contribution in [3.05, 3.63) is 0 Å². The van der Waals surface area contributed by atoms with Gasteiger partial charge in [-0.15, -0.1) is 0 Å². The van der Waals surface area contributed by atoms with E-state index in [4.69, 9.17) is 0 Å². The summed E-state index contributed by atoms with van der Waals surface area (Å²) in [5.74, 6) is 0.235. The Labute approximate surface area is 63.8 Å². The molecule has 0 saturated heterocycles. The van der Waals surface area contributed by atoms with E-state index in [0.29, 0.717) is 5.41 Å². The van der Waals surface area contributed by atoms with E-state index in [9.17, 15) is 4.79 Å². The van der Waals surface area contributed by atoms with E-state index in [1.165, 1.54) is 0 Å². The van der Waals surface area contributed by atoms with Gasteiger partial charge in [0.25, 0.3) is 0 Å². The van der Waals surface area contributed by atoms with E-state index in [0.717, 1.165) is 19.1 Å². The normalized spacial score (nSPS) is 14.8. The monoisotopic (exact) mass is 142 g/mol. The van der Waals surface area contributed by atoms with Crippen LogP contribution in [0.1, 0.15) is 40.5 Å². The van der Waals surface area contributed by atoms with Crippen molar-refractivity contribution in [2.75, 3.05) is 0 Å². The maximum Gasteiger partial charge on any atom is 0.122 e. The minimum atomic E-state index is 0.235. The van der Waals surface area contributed by atoms with Crippen molar-refractivity contribution < 1.29 is 4.79 Å². The average molecular weight is 142 g/mol. The summed E-state index contributed by atoms with van der Waals surface area (Å²) in [6.07, 6.45) is 3.19. The van der Waals surface area contributed by atoms with Crippen molar-refractivity contribution in [1.29, 1.82) is 0 Å². The highest BCUT2D eigenvalue weighted by atomic mass is 16.1. The standard InChI is InChI=1S/C9H18O/c1-8(7-10)5-6-9(2,3)4/h7-8H,5-6H2,1-4H3. The summed E-state index contributed by atoms with van der Waals surface area (Å²) in [4.78, 5) is 10.2. The molecular formula is C9H18O. The number of hydrogen-bond donors (Lipinski definition) is 0. The smallest absolute Gasteiger partial charge is 0.122 e. The van der Waals surface area contributed by atoms with Crippen molar-refractivity contribution >= 4 is 6.29 Å². The molecule has 0 fully saturated rings. The number of aldehydes is 1. The van der Waals surface area contributed by atoms with Gasteiger partial charge in [0.05, 0.1) is 0 Å². The maximum atomic E-state index is 10.2. The molecule has 0 aromatic carbocycles. The van der Waals surface area contributed by atoms with Crippen LogP contribution in [-0.4, -0.2) is 6.29 Å². The van der Waals surface area contributed by atoms with Gasteiger partial charge >= 0.3 is 0 Å². The number of hydrogen-bond acceptors (Lipinski definition) is 1. The van der Waals surface area contributed by atoms with Crippen LogP contribution < -0.4 is 0 Å². The second-order valence-electron chi connectivity index (χ2n) is 4.21. The van der Waals surface area contributed by atoms with Crippen molar-refractivity contribution in [3.63, 3.8) is 0 Å². The molecule has 1 atom stereocenters. The largest absolute Gasteiger partial charge is 0.303 e. The third-order valence-electron chi connectivity index (χ3n) is 1.58. The summed E-state index contributed by atoms with van der Waals surface area (Å²) in [5.41, 5.74) is 0.372. The maximum absolute atomic E-state index is 10.2. The van der Waals surface area contributed by atoms with Crippen LogP contribution in [0.25, 0.3) is 0 Å². The van der Waals surface area contributed by atoms with E-state index in [2.05, 4.69) is 20.8 Å². The molecule has 0 radical (unpaired) electrons. The third kappa shape index (κ3) is 5.80. The third-order valence-corrected chi connectivity index (χ3v) is 1.58. The van der Waals surface area contributed by atoms with Crippen LogP contribution in [0.3, 0.4) is 0 Å². The van der Waals surface area contributed by atoms with Crippen LogP contribution in [0.2, 0.25) is 0 Å². The Hall–Kier alpha value is -0.330. The zero-order valence-corrected chi connectivity index (χ0v) is 7.48. The molecule has 0 spiro atoms. The highest BCUT2D eigenvalue weighted by Gasteiger charge is 2.11. The quantitative estimate of drug-likeness (QED) is 0.554. The molecule has 1 unspecified atom stereocenters. The molecule has 0 rings (SSSR count). The Balaban J connectivity index is 3.45. The van der Waals surface area contributed by atoms with Crippen LogP contribution >= 0.6 is 0 Å². The molecule has 0 bridgehead atoms. The molecule has 0 saturated carbocycles. The molecule has 0 aromatic rings. The van der Waals surface area contributed by atoms with Gasteiger partial charge in [0, 0.05) is 5.92 Å². The predicted molar refractivity (Wildman–Crippen MR) is 43.9 cm³/mol. The molecule has 1 nitrogen and oxygen atoms in total. The predicted octanol–water partition coefficient (Wildman–Crippen LogP) is 2.65. The second-order valence-corrected chi connectivity index (χ2v) is 4.21. The average Bonchev–Trinajstić information content (AvgIpc) is 1.81. The fourth-order valence-corrected chi connectivity index (χ4v) is 0.729. The lowest BCUT2D eigenvalue weighted by atomic mass is 9.88. The summed E-state index contributed by atoms with van der Waals surface area (Å²) in [7, 11) is 0. The summed E-state index contributed by atoms with van der Waals surface area (Å²) in [5, 5.41) is 0. The van der Waals surface area contributed by atoms with Crippen molar-refractivity contribution in [2.24, 2.45) is 11.3 Å². The summed E-state index contributed by atoms with van der Waals surface area (Å²) >= 11 is 0. The van der Waals surface area contributed by atoms with E-state index < -0.39 is 0 Å². The summed E-state index contributed by atoms with van der Waals surface area (Å²) < 4.78 is 0. The molecule has 10 heavy (non-hydrogen) atoms. The van der Waals surface area contributed by atoms with Crippen LogP contribution in [-0.2, 0) is 4.79 Å². The first-order valence-electron chi connectivity index (χ1n) is 3.91. The highest BCUT2D eigenvalue weighted by Crippen LogP contribution is 2.22. The zero-order chi connectivity index (χ0) is 8.20. The molecule has 1 heteroatoms. The Kier molecular flexibility index (Phi) is 3.62. The molecule has 60 valence electrons. The van der Waals surface area contributed by atoms with Gasteiger partial charge in [-0.3, -0.25) is 0 Å². The van der Waals surface area contributed by atoms with E-state index in [1.807, 2.05) is 6.92 Å². The van der Waals surface area contributed by atoms with Gasteiger partial charge in [-0.1, -0.05) is 27.7 Å². The first-order valence-corrected chi connectivity index (χ1v) is 3.91. The lowest BCUT2D eigenvalue weighted by Crippen LogP contribution is -2.07. The van der Waals surface area contributed by atoms with Gasteiger partial charge in [-0.25, -0.2) is 0 Å². The highest BCUT2D eigenvalue weighted by molar-refractivity contribution is 5.52. The minimum absolute atomic E-state index is 0.235. The van der Waals surface area contributed by atoms with Crippen molar-refractivity contribution in [1.82, 2.24) is 0 Å². The molecule has 0 N–H and O–H groups in total. The lowest BCUT2D eigenvalue weighted by Gasteiger charge is -2.18. The number of carbonyl (C=O) groups excluding carboxylic acids is 1. The molecule has 0 aliphatic heterocycles. The SMILES string of the molecule is CC(C=O)CCC(C)(C)C. The first kappa shape index (κ1) is 9.67.